The molecule has 64 valence electrons. The summed E-state index contributed by atoms with van der Waals surface area (Å²) >= 11 is 5.53. The Labute approximate surface area is 74.3 Å². The summed E-state index contributed by atoms with van der Waals surface area (Å²) in [7, 11) is 0. The van der Waals surface area contributed by atoms with Crippen molar-refractivity contribution in [3.05, 3.63) is 29.0 Å². The van der Waals surface area contributed by atoms with Crippen LogP contribution in [0.15, 0.2) is 18.3 Å². The molecule has 0 atom stereocenters. The highest BCUT2D eigenvalue weighted by Crippen LogP contribution is 2.05. The van der Waals surface area contributed by atoms with Gasteiger partial charge in [0.2, 0.25) is 0 Å². The van der Waals surface area contributed by atoms with Crippen LogP contribution < -0.4 is 5.73 Å². The van der Waals surface area contributed by atoms with Crippen LogP contribution in [0, 0.1) is 0 Å². The van der Waals surface area contributed by atoms with Crippen molar-refractivity contribution in [2.24, 2.45) is 5.73 Å². The minimum absolute atomic E-state index is 0.125. The maximum atomic E-state index is 10.2. The van der Waals surface area contributed by atoms with E-state index < -0.39 is 6.09 Å². The van der Waals surface area contributed by atoms with Gasteiger partial charge in [0, 0.05) is 11.8 Å². The normalized spacial score (nSPS) is 9.42. The molecule has 0 radical (unpaired) electrons. The van der Waals surface area contributed by atoms with Gasteiger partial charge in [0.25, 0.3) is 0 Å². The van der Waals surface area contributed by atoms with Crippen molar-refractivity contribution >= 4 is 17.7 Å². The Morgan fingerprint density at radius 3 is 2.92 bits per heavy atom. The molecular weight excluding hydrogens is 180 g/mol. The lowest BCUT2D eigenvalue weighted by Crippen LogP contribution is -2.12. The fourth-order valence-corrected chi connectivity index (χ4v) is 0.758. The highest BCUT2D eigenvalue weighted by molar-refractivity contribution is 6.29. The Morgan fingerprint density at radius 1 is 1.67 bits per heavy atom. The highest BCUT2D eigenvalue weighted by Gasteiger charge is 1.96. The van der Waals surface area contributed by atoms with E-state index in [1.54, 1.807) is 12.1 Å². The van der Waals surface area contributed by atoms with Crippen LogP contribution in [-0.4, -0.2) is 11.1 Å². The van der Waals surface area contributed by atoms with Gasteiger partial charge in [-0.25, -0.2) is 9.78 Å². The maximum Gasteiger partial charge on any atom is 0.404 e. The predicted molar refractivity (Wildman–Crippen MR) is 43.6 cm³/mol. The summed E-state index contributed by atoms with van der Waals surface area (Å²) in [5, 5.41) is 0.401. The van der Waals surface area contributed by atoms with E-state index in [2.05, 4.69) is 9.72 Å². The lowest BCUT2D eigenvalue weighted by atomic mass is 10.3. The number of pyridine rings is 1. The van der Waals surface area contributed by atoms with Gasteiger partial charge >= 0.3 is 6.09 Å². The molecule has 1 aromatic rings. The Kier molecular flexibility index (Phi) is 2.88. The van der Waals surface area contributed by atoms with Gasteiger partial charge in [-0.3, -0.25) is 0 Å². The molecule has 1 aromatic heterocycles. The highest BCUT2D eigenvalue weighted by atomic mass is 35.5. The SMILES string of the molecule is NC(=O)OCc1ccc(Cl)nc1. The van der Waals surface area contributed by atoms with Gasteiger partial charge in [-0.15, -0.1) is 0 Å². The summed E-state index contributed by atoms with van der Waals surface area (Å²) in [5.41, 5.74) is 5.51. The number of primary amides is 1. The van der Waals surface area contributed by atoms with Gasteiger partial charge in [0.1, 0.15) is 11.8 Å². The lowest BCUT2D eigenvalue weighted by molar-refractivity contribution is 0.150. The third-order valence-electron chi connectivity index (χ3n) is 1.17. The number of aromatic nitrogens is 1. The molecule has 5 heteroatoms. The first-order chi connectivity index (χ1) is 5.68. The molecule has 1 rings (SSSR count). The third-order valence-corrected chi connectivity index (χ3v) is 1.39. The van der Waals surface area contributed by atoms with Gasteiger partial charge in [0.05, 0.1) is 0 Å². The van der Waals surface area contributed by atoms with E-state index in [9.17, 15) is 4.79 Å². The summed E-state index contributed by atoms with van der Waals surface area (Å²) in [6, 6.07) is 3.32. The number of carbonyl (C=O) groups is 1. The Bertz CT molecular complexity index is 273. The molecule has 0 aromatic carbocycles. The van der Waals surface area contributed by atoms with Crippen LogP contribution in [0.4, 0.5) is 4.79 Å². The van der Waals surface area contributed by atoms with Gasteiger partial charge in [0.15, 0.2) is 0 Å². The monoisotopic (exact) mass is 186 g/mol. The molecule has 0 saturated carbocycles. The van der Waals surface area contributed by atoms with E-state index in [0.29, 0.717) is 5.15 Å². The number of hydrogen-bond acceptors (Lipinski definition) is 3. The average Bonchev–Trinajstić information content (AvgIpc) is 2.03. The molecule has 0 unspecified atom stereocenters. The molecule has 0 fully saturated rings. The van der Waals surface area contributed by atoms with Crippen molar-refractivity contribution in [1.82, 2.24) is 4.98 Å². The molecule has 1 heterocycles. The molecule has 0 aliphatic rings. The van der Waals surface area contributed by atoms with Crippen LogP contribution in [0.2, 0.25) is 5.15 Å². The van der Waals surface area contributed by atoms with Gasteiger partial charge in [-0.2, -0.15) is 0 Å². The summed E-state index contributed by atoms with van der Waals surface area (Å²) in [6.07, 6.45) is 0.718. The van der Waals surface area contributed by atoms with Crippen molar-refractivity contribution < 1.29 is 9.53 Å². The smallest absolute Gasteiger partial charge is 0.404 e. The fraction of sp³-hybridized carbons (Fsp3) is 0.143. The van der Waals surface area contributed by atoms with E-state index in [1.807, 2.05) is 0 Å². The zero-order valence-electron chi connectivity index (χ0n) is 6.16. The summed E-state index contributed by atoms with van der Waals surface area (Å²) in [5.74, 6) is 0. The first kappa shape index (κ1) is 8.80. The Hall–Kier alpha value is -1.29. The molecule has 1 amide bonds. The number of carbonyl (C=O) groups excluding carboxylic acids is 1. The van der Waals surface area contributed by atoms with E-state index in [4.69, 9.17) is 17.3 Å². The van der Waals surface area contributed by atoms with Crippen molar-refractivity contribution in [3.8, 4) is 0 Å². The van der Waals surface area contributed by atoms with Crippen LogP contribution in [0.25, 0.3) is 0 Å². The molecular formula is C7H7ClN2O2. The molecule has 0 aliphatic heterocycles. The Balaban J connectivity index is 2.53. The number of amides is 1. The number of nitrogens with two attached hydrogens (primary N) is 1. The zero-order valence-corrected chi connectivity index (χ0v) is 6.91. The Morgan fingerprint density at radius 2 is 2.42 bits per heavy atom. The fourth-order valence-electron chi connectivity index (χ4n) is 0.646. The minimum Gasteiger partial charge on any atom is -0.445 e. The summed E-state index contributed by atoms with van der Waals surface area (Å²) in [6.45, 7) is 0.125. The lowest BCUT2D eigenvalue weighted by Gasteiger charge is -1.99. The first-order valence-electron chi connectivity index (χ1n) is 3.21. The standard InChI is InChI=1S/C7H7ClN2O2/c8-6-2-1-5(3-10-6)4-12-7(9)11/h1-3H,4H2,(H2,9,11). The molecule has 0 spiro atoms. The number of halogens is 1. The predicted octanol–water partition coefficient (Wildman–Crippen LogP) is 1.33. The second kappa shape index (κ2) is 3.92. The molecule has 0 saturated heterocycles. The topological polar surface area (TPSA) is 65.2 Å². The van der Waals surface area contributed by atoms with Gasteiger partial charge in [-0.1, -0.05) is 17.7 Å². The second-order valence-corrected chi connectivity index (χ2v) is 2.48. The van der Waals surface area contributed by atoms with E-state index in [0.717, 1.165) is 5.56 Å². The van der Waals surface area contributed by atoms with E-state index in [1.165, 1.54) is 6.20 Å². The average molecular weight is 187 g/mol. The summed E-state index contributed by atoms with van der Waals surface area (Å²) in [4.78, 5) is 14.0. The number of hydrogen-bond donors (Lipinski definition) is 1. The van der Waals surface area contributed by atoms with Crippen LogP contribution >= 0.6 is 11.6 Å². The largest absolute Gasteiger partial charge is 0.445 e. The molecule has 0 bridgehead atoms. The van der Waals surface area contributed by atoms with E-state index in [-0.39, 0.29) is 6.61 Å². The van der Waals surface area contributed by atoms with Crippen molar-refractivity contribution in [2.45, 2.75) is 6.61 Å². The van der Waals surface area contributed by atoms with Crippen LogP contribution in [0.3, 0.4) is 0 Å². The van der Waals surface area contributed by atoms with Crippen LogP contribution in [0.1, 0.15) is 5.56 Å². The third kappa shape index (κ3) is 2.75. The summed E-state index contributed by atoms with van der Waals surface area (Å²) < 4.78 is 4.52. The van der Waals surface area contributed by atoms with Crippen LogP contribution in [-0.2, 0) is 11.3 Å². The quantitative estimate of drug-likeness (QED) is 0.709. The van der Waals surface area contributed by atoms with Gasteiger partial charge < -0.3 is 10.5 Å². The first-order valence-corrected chi connectivity index (χ1v) is 3.59. The number of nitrogens with zero attached hydrogens (tertiary/aromatic N) is 1. The molecule has 4 nitrogen and oxygen atoms in total. The minimum atomic E-state index is -0.801. The molecule has 2 N–H and O–H groups in total. The molecule has 12 heavy (non-hydrogen) atoms. The zero-order chi connectivity index (χ0) is 8.97. The number of ether oxygens (including phenoxy) is 1. The van der Waals surface area contributed by atoms with Gasteiger partial charge in [-0.05, 0) is 6.07 Å². The van der Waals surface area contributed by atoms with Crippen molar-refractivity contribution in [1.29, 1.82) is 0 Å². The maximum absolute atomic E-state index is 10.2. The van der Waals surface area contributed by atoms with Crippen LogP contribution in [0.5, 0.6) is 0 Å². The second-order valence-electron chi connectivity index (χ2n) is 2.10. The van der Waals surface area contributed by atoms with Crippen molar-refractivity contribution in [3.63, 3.8) is 0 Å². The number of rotatable bonds is 2. The van der Waals surface area contributed by atoms with Crippen molar-refractivity contribution in [2.75, 3.05) is 0 Å². The van der Waals surface area contributed by atoms with E-state index >= 15 is 0 Å². The molecule has 0 aliphatic carbocycles.